The van der Waals surface area contributed by atoms with E-state index < -0.39 is 0 Å². The average molecular weight is 327 g/mol. The molecule has 0 aliphatic heterocycles. The number of amides is 1. The number of nitrogens with zero attached hydrogens (tertiary/aromatic N) is 2. The summed E-state index contributed by atoms with van der Waals surface area (Å²) >= 11 is 0. The highest BCUT2D eigenvalue weighted by atomic mass is 19.1. The second-order valence-electron chi connectivity index (χ2n) is 6.25. The summed E-state index contributed by atoms with van der Waals surface area (Å²) < 4.78 is 14.1. The molecule has 24 heavy (non-hydrogen) atoms. The Morgan fingerprint density at radius 2 is 2.25 bits per heavy atom. The smallest absolute Gasteiger partial charge is 0.224 e. The first-order chi connectivity index (χ1) is 11.6. The fourth-order valence-electron chi connectivity index (χ4n) is 2.91. The third-order valence-electron chi connectivity index (χ3n) is 4.60. The molecule has 1 aliphatic carbocycles. The number of carbonyl (C=O) groups excluding carboxylic acids is 1. The molecule has 4 nitrogen and oxygen atoms in total. The van der Waals surface area contributed by atoms with Crippen LogP contribution >= 0.6 is 0 Å². The van der Waals surface area contributed by atoms with E-state index in [2.05, 4.69) is 10.3 Å². The van der Waals surface area contributed by atoms with Gasteiger partial charge in [-0.15, -0.1) is 0 Å². The first-order valence-corrected chi connectivity index (χ1v) is 8.27. The molecule has 2 atom stereocenters. The van der Waals surface area contributed by atoms with E-state index in [1.54, 1.807) is 12.3 Å². The Labute approximate surface area is 141 Å². The van der Waals surface area contributed by atoms with Crippen LogP contribution in [0.2, 0.25) is 0 Å². The molecule has 1 amide bonds. The Bertz CT molecular complexity index is 720. The lowest BCUT2D eigenvalue weighted by atomic mass is 10.1. The summed E-state index contributed by atoms with van der Waals surface area (Å²) in [6, 6.07) is 9.00. The molecule has 1 aliphatic rings. The lowest BCUT2D eigenvalue weighted by Crippen LogP contribution is -2.25. The number of pyridine rings is 1. The van der Waals surface area contributed by atoms with Gasteiger partial charge in [0.15, 0.2) is 0 Å². The predicted octanol–water partition coefficient (Wildman–Crippen LogP) is 3.10. The molecule has 1 fully saturated rings. The van der Waals surface area contributed by atoms with Crippen LogP contribution in [-0.2, 0) is 11.3 Å². The normalized spacial score (nSPS) is 19.0. The summed E-state index contributed by atoms with van der Waals surface area (Å²) in [6.07, 6.45) is 4.40. The molecule has 1 aromatic carbocycles. The van der Waals surface area contributed by atoms with Gasteiger partial charge in [-0.05, 0) is 48.6 Å². The van der Waals surface area contributed by atoms with Gasteiger partial charge in [0.25, 0.3) is 0 Å². The third kappa shape index (κ3) is 3.55. The van der Waals surface area contributed by atoms with Crippen molar-refractivity contribution in [1.82, 2.24) is 10.3 Å². The van der Waals surface area contributed by atoms with Crippen LogP contribution in [0.4, 0.5) is 10.1 Å². The van der Waals surface area contributed by atoms with E-state index in [-0.39, 0.29) is 23.6 Å². The Balaban J connectivity index is 1.55. The minimum Gasteiger partial charge on any atom is -0.373 e. The molecule has 126 valence electrons. The van der Waals surface area contributed by atoms with Crippen LogP contribution in [-0.4, -0.2) is 24.5 Å². The number of anilines is 1. The first kappa shape index (κ1) is 16.4. The van der Waals surface area contributed by atoms with Crippen LogP contribution in [0.3, 0.4) is 0 Å². The number of aromatic nitrogens is 1. The molecule has 5 heteroatoms. The summed E-state index contributed by atoms with van der Waals surface area (Å²) in [5.41, 5.74) is 2.45. The molecular formula is C19H22FN3O. The largest absolute Gasteiger partial charge is 0.373 e. The van der Waals surface area contributed by atoms with E-state index in [0.717, 1.165) is 24.1 Å². The van der Waals surface area contributed by atoms with Crippen molar-refractivity contribution < 1.29 is 9.18 Å². The van der Waals surface area contributed by atoms with E-state index in [9.17, 15) is 9.18 Å². The molecule has 1 aromatic heterocycles. The Morgan fingerprint density at radius 1 is 1.42 bits per heavy atom. The quantitative estimate of drug-likeness (QED) is 0.887. The van der Waals surface area contributed by atoms with Crippen molar-refractivity contribution in [2.24, 2.45) is 5.92 Å². The highest BCUT2D eigenvalue weighted by Crippen LogP contribution is 2.47. The molecule has 3 rings (SSSR count). The number of rotatable bonds is 6. The van der Waals surface area contributed by atoms with Crippen LogP contribution < -0.4 is 10.2 Å². The molecule has 1 N–H and O–H groups in total. The van der Waals surface area contributed by atoms with Crippen molar-refractivity contribution in [3.05, 3.63) is 59.7 Å². The number of hydrogen-bond acceptors (Lipinski definition) is 3. The van der Waals surface area contributed by atoms with Crippen molar-refractivity contribution in [2.45, 2.75) is 25.8 Å². The number of nitrogens with one attached hydrogen (secondary N) is 1. The highest BCUT2D eigenvalue weighted by molar-refractivity contribution is 5.82. The van der Waals surface area contributed by atoms with Crippen molar-refractivity contribution in [2.75, 3.05) is 18.5 Å². The summed E-state index contributed by atoms with van der Waals surface area (Å²) in [6.45, 7) is 3.06. The first-order valence-electron chi connectivity index (χ1n) is 8.27. The van der Waals surface area contributed by atoms with Crippen molar-refractivity contribution in [1.29, 1.82) is 0 Å². The number of benzene rings is 1. The van der Waals surface area contributed by atoms with Crippen LogP contribution in [0.15, 0.2) is 42.7 Å². The van der Waals surface area contributed by atoms with Crippen LogP contribution in [0.25, 0.3) is 0 Å². The summed E-state index contributed by atoms with van der Waals surface area (Å²) in [5.74, 6) is 0.0327. The SMILES string of the molecule is CCN(C)c1ccc(CNC(=O)[C@@H]2C[C@@H]2c2cccnc2)cc1F. The molecule has 0 radical (unpaired) electrons. The van der Waals surface area contributed by atoms with Gasteiger partial charge >= 0.3 is 0 Å². The van der Waals surface area contributed by atoms with Crippen LogP contribution in [0.1, 0.15) is 30.4 Å². The lowest BCUT2D eigenvalue weighted by Gasteiger charge is -2.18. The van der Waals surface area contributed by atoms with Gasteiger partial charge in [-0.2, -0.15) is 0 Å². The maximum absolute atomic E-state index is 14.1. The van der Waals surface area contributed by atoms with E-state index in [1.807, 2.05) is 43.3 Å². The monoisotopic (exact) mass is 327 g/mol. The summed E-state index contributed by atoms with van der Waals surface area (Å²) in [5, 5.41) is 2.91. The number of hydrogen-bond donors (Lipinski definition) is 1. The number of halogens is 1. The Morgan fingerprint density at radius 3 is 2.92 bits per heavy atom. The summed E-state index contributed by atoms with van der Waals surface area (Å²) in [7, 11) is 1.85. The van der Waals surface area contributed by atoms with Gasteiger partial charge < -0.3 is 10.2 Å². The van der Waals surface area contributed by atoms with Gasteiger partial charge in [-0.1, -0.05) is 12.1 Å². The predicted molar refractivity (Wildman–Crippen MR) is 92.3 cm³/mol. The van der Waals surface area contributed by atoms with Crippen LogP contribution in [0.5, 0.6) is 0 Å². The fraction of sp³-hybridized carbons (Fsp3) is 0.368. The van der Waals surface area contributed by atoms with Crippen LogP contribution in [0, 0.1) is 11.7 Å². The van der Waals surface area contributed by atoms with Gasteiger partial charge in [0, 0.05) is 38.4 Å². The molecule has 0 unspecified atom stereocenters. The van der Waals surface area contributed by atoms with Gasteiger partial charge in [-0.3, -0.25) is 9.78 Å². The van der Waals surface area contributed by atoms with E-state index in [4.69, 9.17) is 0 Å². The van der Waals surface area contributed by atoms with E-state index in [0.29, 0.717) is 12.2 Å². The highest BCUT2D eigenvalue weighted by Gasteiger charge is 2.43. The fourth-order valence-corrected chi connectivity index (χ4v) is 2.91. The zero-order chi connectivity index (χ0) is 17.1. The zero-order valence-electron chi connectivity index (χ0n) is 14.0. The van der Waals surface area contributed by atoms with Gasteiger partial charge in [0.2, 0.25) is 5.91 Å². The van der Waals surface area contributed by atoms with E-state index >= 15 is 0 Å². The molecule has 0 spiro atoms. The number of carbonyl (C=O) groups is 1. The van der Waals surface area contributed by atoms with Gasteiger partial charge in [-0.25, -0.2) is 4.39 Å². The topological polar surface area (TPSA) is 45.2 Å². The minimum atomic E-state index is -0.259. The summed E-state index contributed by atoms with van der Waals surface area (Å²) in [4.78, 5) is 18.2. The zero-order valence-corrected chi connectivity index (χ0v) is 14.0. The molecule has 2 aromatic rings. The average Bonchev–Trinajstić information content (AvgIpc) is 3.41. The maximum Gasteiger partial charge on any atom is 0.224 e. The minimum absolute atomic E-state index is 0.00421. The molecule has 1 heterocycles. The standard InChI is InChI=1S/C19H22FN3O/c1-3-23(2)18-7-6-13(9-17(18)20)11-22-19(24)16-10-15(16)14-5-4-8-21-12-14/h4-9,12,15-16H,3,10-11H2,1-2H3,(H,22,24)/t15-,16-/m1/s1. The molecule has 1 saturated carbocycles. The van der Waals surface area contributed by atoms with Crippen molar-refractivity contribution in [3.63, 3.8) is 0 Å². The lowest BCUT2D eigenvalue weighted by molar-refractivity contribution is -0.122. The maximum atomic E-state index is 14.1. The Kier molecular flexibility index (Phi) is 4.79. The van der Waals surface area contributed by atoms with Crippen molar-refractivity contribution in [3.8, 4) is 0 Å². The molecular weight excluding hydrogens is 305 g/mol. The van der Waals surface area contributed by atoms with E-state index in [1.165, 1.54) is 6.07 Å². The molecule has 0 bridgehead atoms. The van der Waals surface area contributed by atoms with Gasteiger partial charge in [0.1, 0.15) is 5.82 Å². The Hall–Kier alpha value is -2.43. The molecule has 0 saturated heterocycles. The second kappa shape index (κ2) is 6.99. The third-order valence-corrected chi connectivity index (χ3v) is 4.60. The second-order valence-corrected chi connectivity index (χ2v) is 6.25. The van der Waals surface area contributed by atoms with Crippen molar-refractivity contribution >= 4 is 11.6 Å². The van der Waals surface area contributed by atoms with Gasteiger partial charge in [0.05, 0.1) is 5.69 Å².